The van der Waals surface area contributed by atoms with E-state index in [9.17, 15) is 0 Å². The lowest BCUT2D eigenvalue weighted by Gasteiger charge is -2.07. The number of rotatable bonds is 4. The van der Waals surface area contributed by atoms with Crippen molar-refractivity contribution in [2.24, 2.45) is 0 Å². The van der Waals surface area contributed by atoms with Gasteiger partial charge in [0.05, 0.1) is 0 Å². The van der Waals surface area contributed by atoms with E-state index >= 15 is 0 Å². The van der Waals surface area contributed by atoms with E-state index in [0.29, 0.717) is 6.61 Å². The van der Waals surface area contributed by atoms with Crippen LogP contribution >= 0.6 is 0 Å². The summed E-state index contributed by atoms with van der Waals surface area (Å²) in [6, 6.07) is 8.28. The summed E-state index contributed by atoms with van der Waals surface area (Å²) in [6.07, 6.45) is 15.3. The monoisotopic (exact) mass is 238 g/mol. The van der Waals surface area contributed by atoms with Gasteiger partial charge in [-0.1, -0.05) is 61.6 Å². The van der Waals surface area contributed by atoms with Gasteiger partial charge in [0.1, 0.15) is 12.4 Å². The second-order valence-electron chi connectivity index (χ2n) is 4.16. The predicted molar refractivity (Wildman–Crippen MR) is 76.8 cm³/mol. The fraction of sp³-hybridized carbons (Fsp3) is 0.176. The number of benzene rings is 1. The molecule has 0 radical (unpaired) electrons. The molecular formula is C17H18O. The highest BCUT2D eigenvalue weighted by Gasteiger charge is 1.96. The van der Waals surface area contributed by atoms with Crippen molar-refractivity contribution in [3.63, 3.8) is 0 Å². The largest absolute Gasteiger partial charge is 0.489 e. The Hall–Kier alpha value is -2.02. The Kier molecular flexibility index (Phi) is 4.60. The molecule has 1 heteroatoms. The van der Waals surface area contributed by atoms with E-state index in [1.807, 2.05) is 42.5 Å². The molecule has 0 saturated carbocycles. The molecule has 1 aliphatic carbocycles. The van der Waals surface area contributed by atoms with Crippen LogP contribution in [0.5, 0.6) is 5.75 Å². The molecule has 0 saturated heterocycles. The highest BCUT2D eigenvalue weighted by atomic mass is 16.5. The highest BCUT2D eigenvalue weighted by Crippen LogP contribution is 2.14. The summed E-state index contributed by atoms with van der Waals surface area (Å²) in [6.45, 7) is 2.75. The van der Waals surface area contributed by atoms with Crippen molar-refractivity contribution in [2.75, 3.05) is 6.61 Å². The fourth-order valence-corrected chi connectivity index (χ4v) is 1.69. The third-order valence-electron chi connectivity index (χ3n) is 2.80. The second-order valence-corrected chi connectivity index (χ2v) is 4.16. The molecule has 0 aliphatic heterocycles. The molecule has 0 spiro atoms. The number of aryl methyl sites for hydroxylation is 1. The van der Waals surface area contributed by atoms with Crippen molar-refractivity contribution in [3.8, 4) is 5.75 Å². The van der Waals surface area contributed by atoms with E-state index in [2.05, 4.69) is 31.2 Å². The zero-order valence-electron chi connectivity index (χ0n) is 10.7. The standard InChI is InChI=1S/C17H18O/c1-2-15-10-12-17(13-11-15)18-14-16-8-6-4-3-5-7-9-16/h3-13H,2,14H2,1H3/b4-3-,5-3?,6-4?,7-5-,8-6-,9-7?,16-8?,16-9+. The van der Waals surface area contributed by atoms with E-state index in [0.717, 1.165) is 17.7 Å². The normalized spacial score (nSPS) is 22.2. The Bertz CT molecular complexity index is 487. The first-order valence-corrected chi connectivity index (χ1v) is 6.31. The first-order valence-electron chi connectivity index (χ1n) is 6.31. The van der Waals surface area contributed by atoms with Gasteiger partial charge in [0.25, 0.3) is 0 Å². The molecular weight excluding hydrogens is 220 g/mol. The zero-order valence-corrected chi connectivity index (χ0v) is 10.7. The van der Waals surface area contributed by atoms with Crippen molar-refractivity contribution >= 4 is 0 Å². The topological polar surface area (TPSA) is 9.23 Å². The molecule has 0 aromatic heterocycles. The Morgan fingerprint density at radius 1 is 0.889 bits per heavy atom. The molecule has 0 atom stereocenters. The molecule has 1 aliphatic rings. The summed E-state index contributed by atoms with van der Waals surface area (Å²) in [5.74, 6) is 0.920. The molecule has 0 bridgehead atoms. The first kappa shape index (κ1) is 12.4. The lowest BCUT2D eigenvalue weighted by molar-refractivity contribution is 0.355. The minimum absolute atomic E-state index is 0.597. The van der Waals surface area contributed by atoms with Crippen LogP contribution in [0, 0.1) is 0 Å². The van der Waals surface area contributed by atoms with Crippen LogP contribution < -0.4 is 4.74 Å². The van der Waals surface area contributed by atoms with Crippen molar-refractivity contribution in [2.45, 2.75) is 13.3 Å². The van der Waals surface area contributed by atoms with Gasteiger partial charge in [0, 0.05) is 0 Å². The van der Waals surface area contributed by atoms with Crippen LogP contribution in [0.1, 0.15) is 12.5 Å². The number of allylic oxidation sites excluding steroid dienone is 6. The molecule has 92 valence electrons. The molecule has 0 N–H and O–H groups in total. The third kappa shape index (κ3) is 3.77. The summed E-state index contributed by atoms with van der Waals surface area (Å²) in [4.78, 5) is 0. The van der Waals surface area contributed by atoms with Gasteiger partial charge in [-0.25, -0.2) is 0 Å². The van der Waals surface area contributed by atoms with E-state index in [1.165, 1.54) is 5.56 Å². The third-order valence-corrected chi connectivity index (χ3v) is 2.80. The molecule has 18 heavy (non-hydrogen) atoms. The van der Waals surface area contributed by atoms with Crippen LogP contribution in [0.4, 0.5) is 0 Å². The molecule has 0 amide bonds. The summed E-state index contributed by atoms with van der Waals surface area (Å²) in [5, 5.41) is 0. The van der Waals surface area contributed by atoms with Gasteiger partial charge >= 0.3 is 0 Å². The number of hydrogen-bond donors (Lipinski definition) is 0. The maximum atomic E-state index is 5.76. The smallest absolute Gasteiger partial charge is 0.119 e. The van der Waals surface area contributed by atoms with Crippen molar-refractivity contribution in [1.82, 2.24) is 0 Å². The Labute approximate surface area is 109 Å². The van der Waals surface area contributed by atoms with Gasteiger partial charge in [0.2, 0.25) is 0 Å². The van der Waals surface area contributed by atoms with Crippen molar-refractivity contribution in [1.29, 1.82) is 0 Å². The lowest BCUT2D eigenvalue weighted by Crippen LogP contribution is -1.99. The average Bonchev–Trinajstić information content (AvgIpc) is 2.38. The van der Waals surface area contributed by atoms with Gasteiger partial charge < -0.3 is 4.74 Å². The minimum Gasteiger partial charge on any atom is -0.489 e. The molecule has 0 fully saturated rings. The van der Waals surface area contributed by atoms with E-state index < -0.39 is 0 Å². The fourth-order valence-electron chi connectivity index (χ4n) is 1.69. The van der Waals surface area contributed by atoms with Crippen molar-refractivity contribution in [3.05, 3.63) is 77.9 Å². The molecule has 2 rings (SSSR count). The van der Waals surface area contributed by atoms with Crippen molar-refractivity contribution < 1.29 is 4.74 Å². The Balaban J connectivity index is 1.94. The van der Waals surface area contributed by atoms with Gasteiger partial charge in [-0.15, -0.1) is 0 Å². The van der Waals surface area contributed by atoms with Crippen LogP contribution in [-0.2, 0) is 6.42 Å². The first-order chi connectivity index (χ1) is 8.88. The van der Waals surface area contributed by atoms with Gasteiger partial charge in [0.15, 0.2) is 0 Å². The quantitative estimate of drug-likeness (QED) is 0.762. The van der Waals surface area contributed by atoms with Gasteiger partial charge in [-0.3, -0.25) is 0 Å². The maximum Gasteiger partial charge on any atom is 0.119 e. The minimum atomic E-state index is 0.597. The zero-order chi connectivity index (χ0) is 12.6. The van der Waals surface area contributed by atoms with Crippen LogP contribution in [0.3, 0.4) is 0 Å². The SMILES string of the molecule is CCc1ccc(OCC2=C/C=C\C=C/C=C\2)cc1. The maximum absolute atomic E-state index is 5.76. The Morgan fingerprint density at radius 3 is 2.39 bits per heavy atom. The van der Waals surface area contributed by atoms with Crippen LogP contribution in [0.2, 0.25) is 0 Å². The Morgan fingerprint density at radius 2 is 1.61 bits per heavy atom. The van der Waals surface area contributed by atoms with E-state index in [4.69, 9.17) is 4.74 Å². The lowest BCUT2D eigenvalue weighted by atomic mass is 10.1. The summed E-state index contributed by atoms with van der Waals surface area (Å²) in [7, 11) is 0. The van der Waals surface area contributed by atoms with Crippen LogP contribution in [-0.4, -0.2) is 6.61 Å². The van der Waals surface area contributed by atoms with Crippen LogP contribution in [0.25, 0.3) is 0 Å². The molecule has 1 aromatic carbocycles. The van der Waals surface area contributed by atoms with Gasteiger partial charge in [-0.2, -0.15) is 0 Å². The predicted octanol–water partition coefficient (Wildman–Crippen LogP) is 4.24. The molecule has 1 aromatic rings. The highest BCUT2D eigenvalue weighted by molar-refractivity contribution is 5.33. The molecule has 0 heterocycles. The average molecular weight is 238 g/mol. The van der Waals surface area contributed by atoms with E-state index in [-0.39, 0.29) is 0 Å². The summed E-state index contributed by atoms with van der Waals surface area (Å²) in [5.41, 5.74) is 2.50. The molecule has 1 nitrogen and oxygen atoms in total. The molecule has 0 unspecified atom stereocenters. The number of ether oxygens (including phenoxy) is 1. The number of hydrogen-bond acceptors (Lipinski definition) is 1. The summed E-state index contributed by atoms with van der Waals surface area (Å²) < 4.78 is 5.76. The second kappa shape index (κ2) is 6.65. The summed E-state index contributed by atoms with van der Waals surface area (Å²) >= 11 is 0. The van der Waals surface area contributed by atoms with Crippen LogP contribution in [0.15, 0.2) is 72.4 Å². The van der Waals surface area contributed by atoms with Gasteiger partial charge in [-0.05, 0) is 29.7 Å². The van der Waals surface area contributed by atoms with E-state index in [1.54, 1.807) is 0 Å².